The van der Waals surface area contributed by atoms with E-state index in [0.29, 0.717) is 5.69 Å². The largest absolute Gasteiger partial charge is 0.353 e. The minimum absolute atomic E-state index is 0.459. The second-order valence-corrected chi connectivity index (χ2v) is 4.53. The van der Waals surface area contributed by atoms with E-state index in [1.165, 1.54) is 0 Å². The lowest BCUT2D eigenvalue weighted by atomic mass is 10.3. The van der Waals surface area contributed by atoms with Gasteiger partial charge in [-0.05, 0) is 18.2 Å². The van der Waals surface area contributed by atoms with Crippen LogP contribution in [0.2, 0.25) is 0 Å². The first kappa shape index (κ1) is 12.4. The fraction of sp³-hybridized carbons (Fsp3) is 0.286. The van der Waals surface area contributed by atoms with Crippen LogP contribution in [-0.2, 0) is 0 Å². The first-order valence-electron chi connectivity index (χ1n) is 6.50. The van der Waals surface area contributed by atoms with Crippen LogP contribution < -0.4 is 9.80 Å². The fourth-order valence-corrected chi connectivity index (χ4v) is 2.30. The highest BCUT2D eigenvalue weighted by Gasteiger charge is 2.19. The van der Waals surface area contributed by atoms with Crippen LogP contribution in [0.15, 0.2) is 36.8 Å². The van der Waals surface area contributed by atoms with Crippen molar-refractivity contribution in [3.8, 4) is 6.07 Å². The lowest BCUT2D eigenvalue weighted by molar-refractivity contribution is 0.641. The molecule has 0 unspecified atom stereocenters. The number of rotatable bonds is 2. The summed E-state index contributed by atoms with van der Waals surface area (Å²) < 4.78 is 0. The highest BCUT2D eigenvalue weighted by Crippen LogP contribution is 2.17. The Morgan fingerprint density at radius 1 is 1.00 bits per heavy atom. The van der Waals surface area contributed by atoms with Crippen LogP contribution in [0.4, 0.5) is 11.6 Å². The van der Waals surface area contributed by atoms with E-state index in [1.807, 2.05) is 18.2 Å². The molecular weight excluding hydrogens is 252 g/mol. The van der Waals surface area contributed by atoms with Gasteiger partial charge >= 0.3 is 0 Å². The SMILES string of the molecule is N#Cc1cccc(N2CCN(c3ccncn3)CC2)n1. The van der Waals surface area contributed by atoms with Gasteiger partial charge in [0, 0.05) is 32.4 Å². The number of anilines is 2. The zero-order valence-corrected chi connectivity index (χ0v) is 11.0. The molecular formula is C14H14N6. The summed E-state index contributed by atoms with van der Waals surface area (Å²) in [6.45, 7) is 3.50. The van der Waals surface area contributed by atoms with Gasteiger partial charge in [-0.3, -0.25) is 0 Å². The van der Waals surface area contributed by atoms with Crippen molar-refractivity contribution < 1.29 is 0 Å². The summed E-state index contributed by atoms with van der Waals surface area (Å²) in [5.41, 5.74) is 0.459. The molecule has 0 aliphatic carbocycles. The van der Waals surface area contributed by atoms with Gasteiger partial charge in [0.15, 0.2) is 0 Å². The van der Waals surface area contributed by atoms with Gasteiger partial charge in [-0.1, -0.05) is 6.07 Å². The fourth-order valence-electron chi connectivity index (χ4n) is 2.30. The van der Waals surface area contributed by atoms with Crippen molar-refractivity contribution in [3.63, 3.8) is 0 Å². The quantitative estimate of drug-likeness (QED) is 0.810. The molecule has 2 aromatic rings. The Morgan fingerprint density at radius 2 is 1.75 bits per heavy atom. The third kappa shape index (κ3) is 2.52. The van der Waals surface area contributed by atoms with Crippen LogP contribution >= 0.6 is 0 Å². The van der Waals surface area contributed by atoms with Gasteiger partial charge in [0.25, 0.3) is 0 Å². The van der Waals surface area contributed by atoms with Gasteiger partial charge in [0.2, 0.25) is 0 Å². The molecule has 3 heterocycles. The van der Waals surface area contributed by atoms with E-state index >= 15 is 0 Å². The molecule has 0 N–H and O–H groups in total. The number of pyridine rings is 1. The standard InChI is InChI=1S/C14H14N6/c15-10-12-2-1-3-14(18-12)20-8-6-19(7-9-20)13-4-5-16-11-17-13/h1-5,11H,6-9H2. The van der Waals surface area contributed by atoms with Crippen LogP contribution in [0.1, 0.15) is 5.69 Å². The predicted octanol–water partition coefficient (Wildman–Crippen LogP) is 1.07. The van der Waals surface area contributed by atoms with Crippen molar-refractivity contribution in [2.24, 2.45) is 0 Å². The zero-order valence-electron chi connectivity index (χ0n) is 11.0. The summed E-state index contributed by atoms with van der Waals surface area (Å²) in [4.78, 5) is 17.0. The summed E-state index contributed by atoms with van der Waals surface area (Å²) in [5.74, 6) is 1.82. The Labute approximate surface area is 117 Å². The molecule has 1 aliphatic heterocycles. The predicted molar refractivity (Wildman–Crippen MR) is 75.4 cm³/mol. The minimum atomic E-state index is 0.459. The second-order valence-electron chi connectivity index (χ2n) is 4.53. The smallest absolute Gasteiger partial charge is 0.142 e. The minimum Gasteiger partial charge on any atom is -0.353 e. The topological polar surface area (TPSA) is 68.9 Å². The number of hydrogen-bond acceptors (Lipinski definition) is 6. The summed E-state index contributed by atoms with van der Waals surface area (Å²) in [6.07, 6.45) is 3.33. The Kier molecular flexibility index (Phi) is 3.42. The van der Waals surface area contributed by atoms with Crippen molar-refractivity contribution in [1.82, 2.24) is 15.0 Å². The highest BCUT2D eigenvalue weighted by atomic mass is 15.3. The molecule has 3 rings (SSSR count). The molecule has 0 spiro atoms. The Bertz CT molecular complexity index is 613. The number of nitrogens with zero attached hydrogens (tertiary/aromatic N) is 6. The molecule has 20 heavy (non-hydrogen) atoms. The third-order valence-electron chi connectivity index (χ3n) is 3.34. The van der Waals surface area contributed by atoms with Crippen LogP contribution in [0.25, 0.3) is 0 Å². The van der Waals surface area contributed by atoms with Crippen LogP contribution in [-0.4, -0.2) is 41.1 Å². The van der Waals surface area contributed by atoms with E-state index in [1.54, 1.807) is 18.6 Å². The molecule has 2 aromatic heterocycles. The first-order chi connectivity index (χ1) is 9.86. The van der Waals surface area contributed by atoms with E-state index in [-0.39, 0.29) is 0 Å². The monoisotopic (exact) mass is 266 g/mol. The lowest BCUT2D eigenvalue weighted by Crippen LogP contribution is -2.47. The van der Waals surface area contributed by atoms with Crippen molar-refractivity contribution in [2.75, 3.05) is 36.0 Å². The van der Waals surface area contributed by atoms with Crippen LogP contribution in [0.5, 0.6) is 0 Å². The highest BCUT2D eigenvalue weighted by molar-refractivity contribution is 5.45. The van der Waals surface area contributed by atoms with E-state index < -0.39 is 0 Å². The van der Waals surface area contributed by atoms with E-state index in [2.05, 4.69) is 30.8 Å². The number of hydrogen-bond donors (Lipinski definition) is 0. The van der Waals surface area contributed by atoms with Crippen molar-refractivity contribution in [2.45, 2.75) is 0 Å². The molecule has 0 bridgehead atoms. The number of aromatic nitrogens is 3. The Hall–Kier alpha value is -2.68. The molecule has 1 aliphatic rings. The molecule has 100 valence electrons. The summed E-state index contributed by atoms with van der Waals surface area (Å²) in [7, 11) is 0. The van der Waals surface area contributed by atoms with Crippen molar-refractivity contribution in [3.05, 3.63) is 42.5 Å². The van der Waals surface area contributed by atoms with Gasteiger partial charge in [0.05, 0.1) is 0 Å². The van der Waals surface area contributed by atoms with Crippen molar-refractivity contribution in [1.29, 1.82) is 5.26 Å². The average molecular weight is 266 g/mol. The Balaban J connectivity index is 1.68. The summed E-state index contributed by atoms with van der Waals surface area (Å²) in [6, 6.07) is 9.54. The zero-order chi connectivity index (χ0) is 13.8. The maximum atomic E-state index is 8.90. The number of piperazine rings is 1. The van der Waals surface area contributed by atoms with Gasteiger partial charge in [0.1, 0.15) is 29.7 Å². The molecule has 0 atom stereocenters. The van der Waals surface area contributed by atoms with Gasteiger partial charge in [-0.15, -0.1) is 0 Å². The molecule has 6 nitrogen and oxygen atoms in total. The number of nitriles is 1. The molecule has 1 saturated heterocycles. The van der Waals surface area contributed by atoms with E-state index in [4.69, 9.17) is 5.26 Å². The first-order valence-corrected chi connectivity index (χ1v) is 6.50. The summed E-state index contributed by atoms with van der Waals surface area (Å²) >= 11 is 0. The van der Waals surface area contributed by atoms with Crippen LogP contribution in [0.3, 0.4) is 0 Å². The molecule has 0 amide bonds. The van der Waals surface area contributed by atoms with Gasteiger partial charge < -0.3 is 9.80 Å². The molecule has 1 fully saturated rings. The molecule has 0 radical (unpaired) electrons. The maximum Gasteiger partial charge on any atom is 0.142 e. The lowest BCUT2D eigenvalue weighted by Gasteiger charge is -2.35. The Morgan fingerprint density at radius 3 is 2.40 bits per heavy atom. The average Bonchev–Trinajstić information content (AvgIpc) is 2.56. The normalized spacial score (nSPS) is 14.9. The van der Waals surface area contributed by atoms with Crippen molar-refractivity contribution >= 4 is 11.6 Å². The van der Waals surface area contributed by atoms with Gasteiger partial charge in [-0.2, -0.15) is 5.26 Å². The molecule has 6 heteroatoms. The second kappa shape index (κ2) is 5.53. The maximum absolute atomic E-state index is 8.90. The molecule has 0 aromatic carbocycles. The summed E-state index contributed by atoms with van der Waals surface area (Å²) in [5, 5.41) is 8.90. The molecule has 0 saturated carbocycles. The van der Waals surface area contributed by atoms with E-state index in [9.17, 15) is 0 Å². The van der Waals surface area contributed by atoms with Crippen LogP contribution in [0, 0.1) is 11.3 Å². The van der Waals surface area contributed by atoms with E-state index in [0.717, 1.165) is 37.8 Å². The van der Waals surface area contributed by atoms with Gasteiger partial charge in [-0.25, -0.2) is 15.0 Å². The third-order valence-corrected chi connectivity index (χ3v) is 3.34.